The van der Waals surface area contributed by atoms with Crippen LogP contribution in [0.3, 0.4) is 0 Å². The van der Waals surface area contributed by atoms with E-state index < -0.39 is 25.9 Å². The van der Waals surface area contributed by atoms with Gasteiger partial charge in [0.1, 0.15) is 0 Å². The van der Waals surface area contributed by atoms with Gasteiger partial charge in [0.25, 0.3) is 15.6 Å². The maximum Gasteiger partial charge on any atom is 0.452 e. The summed E-state index contributed by atoms with van der Waals surface area (Å²) in [6.45, 7) is 2.20. The molecule has 0 amide bonds. The Kier molecular flexibility index (Phi) is 8.39. The summed E-state index contributed by atoms with van der Waals surface area (Å²) in [5, 5.41) is -1.36. The zero-order chi connectivity index (χ0) is 19.7. The monoisotopic (exact) mass is 390 g/mol. The lowest BCUT2D eigenvalue weighted by Crippen LogP contribution is -2.36. The largest absolute Gasteiger partial charge is 0.452 e. The minimum Gasteiger partial charge on any atom is -0.360 e. The number of unbranched alkanes of at least 4 members (excludes halogenated alkanes) is 4. The molecule has 0 unspecified atom stereocenters. The lowest BCUT2D eigenvalue weighted by Gasteiger charge is -2.27. The van der Waals surface area contributed by atoms with Gasteiger partial charge in [0, 0.05) is 5.56 Å². The van der Waals surface area contributed by atoms with E-state index in [4.69, 9.17) is 0 Å². The van der Waals surface area contributed by atoms with Crippen molar-refractivity contribution in [2.24, 2.45) is 5.92 Å². The summed E-state index contributed by atoms with van der Waals surface area (Å²) < 4.78 is 25.7. The molecule has 1 aliphatic rings. The van der Waals surface area contributed by atoms with E-state index in [1.807, 2.05) is 0 Å². The molecule has 0 heterocycles. The fourth-order valence-corrected chi connectivity index (χ4v) is 5.57. The fraction of sp³-hybridized carbons (Fsp3) is 0.619. The second-order valence-electron chi connectivity index (χ2n) is 7.49. The summed E-state index contributed by atoms with van der Waals surface area (Å²) in [4.78, 5) is 15.4. The molecular weight excluding hydrogens is 360 g/mol. The Balaban J connectivity index is 1.93. The van der Waals surface area contributed by atoms with Crippen molar-refractivity contribution in [3.05, 3.63) is 41.4 Å². The van der Waals surface area contributed by atoms with Crippen LogP contribution in [-0.4, -0.2) is 29.3 Å². The first-order valence-corrected chi connectivity index (χ1v) is 11.6. The predicted octanol–water partition coefficient (Wildman–Crippen LogP) is 4.83. The first kappa shape index (κ1) is 21.5. The second-order valence-corrected chi connectivity index (χ2v) is 9.63. The Hall–Kier alpha value is -1.78. The Morgan fingerprint density at radius 3 is 2.26 bits per heavy atom. The van der Waals surface area contributed by atoms with Crippen LogP contribution in [0.4, 0.5) is 0 Å². The molecule has 1 aliphatic carbocycles. The van der Waals surface area contributed by atoms with Crippen molar-refractivity contribution >= 4 is 20.7 Å². The van der Waals surface area contributed by atoms with Crippen molar-refractivity contribution in [1.29, 1.82) is 0 Å². The average Bonchev–Trinajstić information content (AvgIpc) is 2.69. The SMILES string of the molecule is CCCCCCCC1CCC(S(=O)(=O)C(=[N+]=[N-])C(=O)c2ccccc2)CC1. The molecule has 1 fully saturated rings. The lowest BCUT2D eigenvalue weighted by atomic mass is 9.85. The summed E-state index contributed by atoms with van der Waals surface area (Å²) in [6, 6.07) is 8.10. The molecule has 2 rings (SSSR count). The van der Waals surface area contributed by atoms with Gasteiger partial charge in [-0.3, -0.25) is 4.79 Å². The van der Waals surface area contributed by atoms with Gasteiger partial charge in [-0.25, -0.2) is 8.42 Å². The molecule has 0 bridgehead atoms. The summed E-state index contributed by atoms with van der Waals surface area (Å²) >= 11 is 0. The number of Topliss-reactive ketones (excluding diaryl/α,β-unsaturated/α-hetero) is 1. The van der Waals surface area contributed by atoms with E-state index in [2.05, 4.69) is 11.7 Å². The molecule has 6 heteroatoms. The topological polar surface area (TPSA) is 87.6 Å². The Morgan fingerprint density at radius 2 is 1.67 bits per heavy atom. The van der Waals surface area contributed by atoms with E-state index in [-0.39, 0.29) is 5.56 Å². The van der Waals surface area contributed by atoms with Crippen molar-refractivity contribution in [2.45, 2.75) is 76.4 Å². The highest BCUT2D eigenvalue weighted by atomic mass is 32.2. The highest BCUT2D eigenvalue weighted by molar-refractivity contribution is 8.08. The van der Waals surface area contributed by atoms with Crippen LogP contribution in [0.25, 0.3) is 5.53 Å². The average molecular weight is 391 g/mol. The minimum absolute atomic E-state index is 0.217. The van der Waals surface area contributed by atoms with Crippen molar-refractivity contribution < 1.29 is 18.0 Å². The molecule has 0 spiro atoms. The highest BCUT2D eigenvalue weighted by Crippen LogP contribution is 2.32. The lowest BCUT2D eigenvalue weighted by molar-refractivity contribution is -0.00170. The van der Waals surface area contributed by atoms with Gasteiger partial charge >= 0.3 is 5.04 Å². The number of benzene rings is 1. The number of nitrogens with zero attached hydrogens (tertiary/aromatic N) is 2. The first-order chi connectivity index (χ1) is 13.0. The predicted molar refractivity (Wildman–Crippen MR) is 107 cm³/mol. The smallest absolute Gasteiger partial charge is 0.360 e. The van der Waals surface area contributed by atoms with Crippen molar-refractivity contribution in [2.75, 3.05) is 0 Å². The summed E-state index contributed by atoms with van der Waals surface area (Å²) in [5.74, 6) is -0.173. The van der Waals surface area contributed by atoms with Crippen LogP contribution in [0.5, 0.6) is 0 Å². The van der Waals surface area contributed by atoms with Gasteiger partial charge in [0.2, 0.25) is 0 Å². The second kappa shape index (κ2) is 10.5. The third-order valence-electron chi connectivity index (χ3n) is 5.54. The molecule has 0 saturated heterocycles. The van der Waals surface area contributed by atoms with Gasteiger partial charge in [-0.2, -0.15) is 0 Å². The third kappa shape index (κ3) is 5.85. The Labute approximate surface area is 162 Å². The zero-order valence-corrected chi connectivity index (χ0v) is 17.0. The van der Waals surface area contributed by atoms with E-state index in [0.717, 1.165) is 19.3 Å². The maximum absolute atomic E-state index is 12.9. The number of carbonyl (C=O) groups excluding carboxylic acids is 1. The minimum atomic E-state index is -3.93. The van der Waals surface area contributed by atoms with Gasteiger partial charge in [-0.05, 0) is 31.6 Å². The Morgan fingerprint density at radius 1 is 1.04 bits per heavy atom. The molecule has 1 aromatic carbocycles. The number of ketones is 1. The van der Waals surface area contributed by atoms with Gasteiger partial charge in [0.15, 0.2) is 0 Å². The molecule has 0 radical (unpaired) electrons. The summed E-state index contributed by atoms with van der Waals surface area (Å²) in [5.41, 5.74) is 9.47. The van der Waals surface area contributed by atoms with Crippen LogP contribution >= 0.6 is 0 Å². The molecule has 0 aromatic heterocycles. The number of sulfone groups is 1. The molecule has 0 atom stereocenters. The first-order valence-electron chi connectivity index (χ1n) is 10.1. The summed E-state index contributed by atoms with van der Waals surface area (Å²) in [6.07, 6.45) is 10.2. The van der Waals surface area contributed by atoms with Crippen LogP contribution in [0.1, 0.15) is 81.5 Å². The van der Waals surface area contributed by atoms with Gasteiger partial charge in [0.05, 0.1) is 5.25 Å². The maximum atomic E-state index is 12.9. The molecular formula is C21H30N2O3S. The van der Waals surface area contributed by atoms with E-state index in [9.17, 15) is 18.7 Å². The van der Waals surface area contributed by atoms with Crippen molar-refractivity contribution in [1.82, 2.24) is 0 Å². The van der Waals surface area contributed by atoms with Crippen LogP contribution in [0.15, 0.2) is 30.3 Å². The normalized spacial score (nSPS) is 20.0. The standard InChI is InChI=1S/C21H30N2O3S/c1-2-3-4-5-7-10-17-13-15-19(16-14-17)27(25,26)21(23-22)20(24)18-11-8-6-9-12-18/h6,8-9,11-12,17,19H,2-5,7,10,13-16H2,1H3. The number of rotatable bonds is 9. The molecule has 0 aliphatic heterocycles. The quantitative estimate of drug-likeness (QED) is 0.151. The van der Waals surface area contributed by atoms with Crippen LogP contribution in [0.2, 0.25) is 0 Å². The van der Waals surface area contributed by atoms with E-state index in [1.165, 1.54) is 44.2 Å². The highest BCUT2D eigenvalue weighted by Gasteiger charge is 2.43. The molecule has 5 nitrogen and oxygen atoms in total. The zero-order valence-electron chi connectivity index (χ0n) is 16.1. The molecule has 148 valence electrons. The van der Waals surface area contributed by atoms with Crippen LogP contribution in [0, 0.1) is 5.92 Å². The number of carbonyl (C=O) groups is 1. The van der Waals surface area contributed by atoms with Crippen molar-refractivity contribution in [3.8, 4) is 0 Å². The van der Waals surface area contributed by atoms with Gasteiger partial charge in [-0.1, -0.05) is 75.8 Å². The van der Waals surface area contributed by atoms with E-state index >= 15 is 0 Å². The van der Waals surface area contributed by atoms with Crippen molar-refractivity contribution in [3.63, 3.8) is 0 Å². The molecule has 1 saturated carbocycles. The van der Waals surface area contributed by atoms with Gasteiger partial charge < -0.3 is 5.53 Å². The summed E-state index contributed by atoms with van der Waals surface area (Å²) in [7, 11) is -3.93. The van der Waals surface area contributed by atoms with Gasteiger partial charge in [-0.15, -0.1) is 4.79 Å². The Bertz CT molecular complexity index is 760. The fourth-order valence-electron chi connectivity index (χ4n) is 3.87. The number of hydrogen-bond donors (Lipinski definition) is 0. The number of hydrogen-bond acceptors (Lipinski definition) is 3. The molecule has 0 N–H and O–H groups in total. The van der Waals surface area contributed by atoms with Crippen LogP contribution in [-0.2, 0) is 9.84 Å². The molecule has 27 heavy (non-hydrogen) atoms. The van der Waals surface area contributed by atoms with E-state index in [1.54, 1.807) is 18.2 Å². The third-order valence-corrected chi connectivity index (χ3v) is 7.69. The molecule has 1 aromatic rings. The van der Waals surface area contributed by atoms with Crippen LogP contribution < -0.4 is 0 Å². The van der Waals surface area contributed by atoms with E-state index in [0.29, 0.717) is 18.8 Å².